The predicted molar refractivity (Wildman–Crippen MR) is 162 cm³/mol. The van der Waals surface area contributed by atoms with Crippen LogP contribution in [0.1, 0.15) is 34.8 Å². The highest BCUT2D eigenvalue weighted by atomic mass is 32.2. The van der Waals surface area contributed by atoms with Gasteiger partial charge in [0.25, 0.3) is 0 Å². The number of esters is 1. The van der Waals surface area contributed by atoms with Crippen LogP contribution in [0, 0.1) is 5.41 Å². The van der Waals surface area contributed by atoms with E-state index in [1.165, 1.54) is 11.1 Å². The van der Waals surface area contributed by atoms with Crippen molar-refractivity contribution in [2.24, 2.45) is 5.41 Å². The third-order valence-corrected chi connectivity index (χ3v) is 9.38. The topological polar surface area (TPSA) is 70.8 Å². The number of para-hydroxylation sites is 1. The van der Waals surface area contributed by atoms with Gasteiger partial charge in [0.1, 0.15) is 0 Å². The Bertz CT molecular complexity index is 1390. The first-order valence-electron chi connectivity index (χ1n) is 14.2. The van der Waals surface area contributed by atoms with Crippen molar-refractivity contribution in [1.29, 1.82) is 0 Å². The second kappa shape index (κ2) is 12.5. The highest BCUT2D eigenvalue weighted by Crippen LogP contribution is 2.48. The number of ether oxygens (including phenoxy) is 3. The Hall–Kier alpha value is -3.58. The maximum absolute atomic E-state index is 13.9. The smallest absolute Gasteiger partial charge is 0.307 e. The van der Waals surface area contributed by atoms with Gasteiger partial charge in [-0.2, -0.15) is 0 Å². The number of anilines is 1. The molecule has 41 heavy (non-hydrogen) atoms. The lowest BCUT2D eigenvalue weighted by molar-refractivity contribution is -0.224. The van der Waals surface area contributed by atoms with E-state index in [0.29, 0.717) is 12.3 Å². The van der Waals surface area contributed by atoms with Crippen molar-refractivity contribution in [3.05, 3.63) is 132 Å². The summed E-state index contributed by atoms with van der Waals surface area (Å²) in [4.78, 5) is 14.8. The summed E-state index contributed by atoms with van der Waals surface area (Å²) in [5.41, 5.74) is 10.1. The zero-order chi connectivity index (χ0) is 28.1. The molecule has 2 saturated heterocycles. The van der Waals surface area contributed by atoms with Gasteiger partial charge in [0, 0.05) is 21.2 Å². The van der Waals surface area contributed by atoms with E-state index in [2.05, 4.69) is 48.5 Å². The van der Waals surface area contributed by atoms with Gasteiger partial charge in [-0.3, -0.25) is 4.79 Å². The number of carbonyl (C=O) groups is 1. The number of thioether (sulfide) groups is 1. The van der Waals surface area contributed by atoms with Crippen LogP contribution < -0.4 is 5.73 Å². The molecule has 6 rings (SSSR count). The van der Waals surface area contributed by atoms with Gasteiger partial charge in [0.15, 0.2) is 12.4 Å². The quantitative estimate of drug-likeness (QED) is 0.127. The average molecular weight is 566 g/mol. The Labute approximate surface area is 246 Å². The van der Waals surface area contributed by atoms with Crippen LogP contribution in [0.5, 0.6) is 0 Å². The van der Waals surface area contributed by atoms with Gasteiger partial charge in [-0.05, 0) is 48.1 Å². The molecule has 210 valence electrons. The maximum Gasteiger partial charge on any atom is 0.307 e. The molecule has 0 saturated carbocycles. The first kappa shape index (κ1) is 27.6. The minimum Gasteiger partial charge on any atom is -0.456 e. The van der Waals surface area contributed by atoms with Gasteiger partial charge in [0.05, 0.1) is 19.1 Å². The molecule has 2 N–H and O–H groups in total. The molecule has 0 aromatic heterocycles. The van der Waals surface area contributed by atoms with E-state index in [-0.39, 0.29) is 29.2 Å². The van der Waals surface area contributed by atoms with Gasteiger partial charge < -0.3 is 19.9 Å². The van der Waals surface area contributed by atoms with Crippen LogP contribution >= 0.6 is 11.8 Å². The van der Waals surface area contributed by atoms with Crippen molar-refractivity contribution < 1.29 is 19.0 Å². The summed E-state index contributed by atoms with van der Waals surface area (Å²) in [6.45, 7) is 0.514. The molecule has 0 radical (unpaired) electrons. The third-order valence-electron chi connectivity index (χ3n) is 8.03. The average Bonchev–Trinajstić information content (AvgIpc) is 3.40. The van der Waals surface area contributed by atoms with E-state index < -0.39 is 12.4 Å². The number of carbonyl (C=O) groups excluding carboxylic acids is 1. The van der Waals surface area contributed by atoms with Gasteiger partial charge >= 0.3 is 5.97 Å². The molecule has 4 atom stereocenters. The SMILES string of the molecule is Nc1ccccc1S[C@@H](CC(=O)O[C@@H]1[C@@H]2OC[C@H](CC1(Cc1ccccc1)Cc1ccccc1)O2)c1ccccc1. The number of nitrogen functional groups attached to an aromatic ring is 1. The number of hydrogen-bond acceptors (Lipinski definition) is 6. The number of hydrogen-bond donors (Lipinski definition) is 1. The van der Waals surface area contributed by atoms with Crippen molar-refractivity contribution in [3.8, 4) is 0 Å². The van der Waals surface area contributed by atoms with Crippen LogP contribution in [-0.2, 0) is 31.8 Å². The van der Waals surface area contributed by atoms with E-state index in [1.54, 1.807) is 11.8 Å². The molecule has 4 aromatic carbocycles. The maximum atomic E-state index is 13.9. The molecule has 4 aromatic rings. The zero-order valence-corrected chi connectivity index (χ0v) is 23.7. The van der Waals surface area contributed by atoms with Crippen LogP contribution in [0.4, 0.5) is 5.69 Å². The minimum absolute atomic E-state index is 0.0175. The fourth-order valence-electron chi connectivity index (χ4n) is 6.17. The van der Waals surface area contributed by atoms with Crippen LogP contribution in [0.25, 0.3) is 0 Å². The van der Waals surface area contributed by atoms with Crippen molar-refractivity contribution in [3.63, 3.8) is 0 Å². The lowest BCUT2D eigenvalue weighted by atomic mass is 9.67. The monoisotopic (exact) mass is 565 g/mol. The molecule has 0 unspecified atom stereocenters. The Morgan fingerprint density at radius 3 is 2.07 bits per heavy atom. The summed E-state index contributed by atoms with van der Waals surface area (Å²) in [6.07, 6.45) is 1.33. The standard InChI is InChI=1S/C35H35NO4S/c36-29-18-10-11-19-30(29)41-31(27-16-8-3-9-17-27)20-32(37)40-33-34-38-24-28(39-34)23-35(33,21-25-12-4-1-5-13-25)22-26-14-6-2-7-15-26/h1-19,28,31,33-34H,20-24,36H2/t28-,31-,33+,34+/m0/s1. The van der Waals surface area contributed by atoms with Crippen LogP contribution in [0.15, 0.2) is 120 Å². The van der Waals surface area contributed by atoms with E-state index in [0.717, 1.165) is 29.7 Å². The van der Waals surface area contributed by atoms with Crippen LogP contribution in [0.2, 0.25) is 0 Å². The van der Waals surface area contributed by atoms with Crippen molar-refractivity contribution in [2.45, 2.75) is 54.3 Å². The molecule has 0 amide bonds. The second-order valence-corrected chi connectivity index (χ2v) is 12.3. The van der Waals surface area contributed by atoms with Gasteiger partial charge in [0.2, 0.25) is 0 Å². The summed E-state index contributed by atoms with van der Waals surface area (Å²) >= 11 is 1.59. The molecular weight excluding hydrogens is 530 g/mol. The molecule has 2 aliphatic heterocycles. The first-order chi connectivity index (χ1) is 20.1. The van der Waals surface area contributed by atoms with E-state index in [1.807, 2.05) is 66.7 Å². The Balaban J connectivity index is 1.30. The third kappa shape index (κ3) is 6.51. The highest BCUT2D eigenvalue weighted by molar-refractivity contribution is 7.99. The first-order valence-corrected chi connectivity index (χ1v) is 15.1. The Morgan fingerprint density at radius 2 is 1.44 bits per heavy atom. The molecule has 2 fully saturated rings. The lowest BCUT2D eigenvalue weighted by Gasteiger charge is -2.46. The molecule has 0 spiro atoms. The summed E-state index contributed by atoms with van der Waals surface area (Å²) in [5, 5.41) is -0.159. The highest BCUT2D eigenvalue weighted by Gasteiger charge is 2.55. The largest absolute Gasteiger partial charge is 0.456 e. The summed E-state index contributed by atoms with van der Waals surface area (Å²) < 4.78 is 18.8. The Morgan fingerprint density at radius 1 is 0.854 bits per heavy atom. The van der Waals surface area contributed by atoms with Crippen molar-refractivity contribution in [2.75, 3.05) is 12.3 Å². The Kier molecular flexibility index (Phi) is 8.42. The molecule has 2 bridgehead atoms. The molecule has 5 nitrogen and oxygen atoms in total. The van der Waals surface area contributed by atoms with Gasteiger partial charge in [-0.1, -0.05) is 103 Å². The van der Waals surface area contributed by atoms with E-state index in [9.17, 15) is 4.79 Å². The lowest BCUT2D eigenvalue weighted by Crippen LogP contribution is -2.53. The van der Waals surface area contributed by atoms with Gasteiger partial charge in [-0.25, -0.2) is 0 Å². The molecule has 6 heteroatoms. The van der Waals surface area contributed by atoms with Gasteiger partial charge in [-0.15, -0.1) is 11.8 Å². The summed E-state index contributed by atoms with van der Waals surface area (Å²) in [7, 11) is 0. The zero-order valence-electron chi connectivity index (χ0n) is 22.9. The second-order valence-electron chi connectivity index (χ2n) is 11.0. The predicted octanol–water partition coefficient (Wildman–Crippen LogP) is 7.02. The molecule has 2 aliphatic rings. The normalized spacial score (nSPS) is 21.7. The summed E-state index contributed by atoms with van der Waals surface area (Å²) in [5.74, 6) is -0.270. The van der Waals surface area contributed by atoms with Crippen LogP contribution in [-0.4, -0.2) is 31.1 Å². The fourth-order valence-corrected chi connectivity index (χ4v) is 7.35. The molecule has 2 heterocycles. The van der Waals surface area contributed by atoms with E-state index in [4.69, 9.17) is 19.9 Å². The number of rotatable bonds is 10. The number of fused-ring (bicyclic) bond motifs is 2. The van der Waals surface area contributed by atoms with Crippen LogP contribution in [0.3, 0.4) is 0 Å². The molecule has 0 aliphatic carbocycles. The fraction of sp³-hybridized carbons (Fsp3) is 0.286. The number of benzene rings is 4. The number of nitrogens with two attached hydrogens (primary N) is 1. The molecular formula is C35H35NO4S. The summed E-state index contributed by atoms with van der Waals surface area (Å²) in [6, 6.07) is 38.7. The minimum atomic E-state index is -0.585. The van der Waals surface area contributed by atoms with Crippen molar-refractivity contribution in [1.82, 2.24) is 0 Å². The van der Waals surface area contributed by atoms with E-state index >= 15 is 0 Å². The van der Waals surface area contributed by atoms with Crippen molar-refractivity contribution >= 4 is 23.4 Å².